The molecule has 5 rings (SSSR count). The van der Waals surface area contributed by atoms with E-state index in [2.05, 4.69) is 5.32 Å². The van der Waals surface area contributed by atoms with Crippen molar-refractivity contribution in [2.75, 3.05) is 25.2 Å². The summed E-state index contributed by atoms with van der Waals surface area (Å²) in [6.45, 7) is 1.24. The summed E-state index contributed by atoms with van der Waals surface area (Å²) in [5, 5.41) is 14.0. The smallest absolute Gasteiger partial charge is 0.321 e. The number of likely N-dealkylation sites (tertiary alicyclic amines) is 1. The van der Waals surface area contributed by atoms with Crippen LogP contribution < -0.4 is 14.8 Å². The topological polar surface area (TPSA) is 71.0 Å². The first-order valence-electron chi connectivity index (χ1n) is 10.4. The molecule has 0 spiro atoms. The van der Waals surface area contributed by atoms with Gasteiger partial charge in [0.1, 0.15) is 0 Å². The number of hydrogen-bond acceptors (Lipinski definition) is 4. The van der Waals surface area contributed by atoms with Crippen molar-refractivity contribution in [3.05, 3.63) is 78.4 Å². The third kappa shape index (κ3) is 3.94. The van der Waals surface area contributed by atoms with Crippen LogP contribution in [0.5, 0.6) is 11.5 Å². The molecule has 2 heterocycles. The normalized spacial score (nSPS) is 16.7. The Labute approximate surface area is 181 Å². The number of piperidine rings is 1. The maximum absolute atomic E-state index is 12.8. The number of urea groups is 1. The van der Waals surface area contributed by atoms with Crippen molar-refractivity contribution in [3.63, 3.8) is 0 Å². The number of ether oxygens (including phenoxy) is 2. The molecule has 0 aromatic heterocycles. The number of hydrogen-bond donors (Lipinski definition) is 2. The molecule has 0 radical (unpaired) electrons. The van der Waals surface area contributed by atoms with Gasteiger partial charge in [0.2, 0.25) is 6.79 Å². The Balaban J connectivity index is 1.25. The van der Waals surface area contributed by atoms with Gasteiger partial charge in [0.15, 0.2) is 11.5 Å². The zero-order valence-electron chi connectivity index (χ0n) is 17.1. The summed E-state index contributed by atoms with van der Waals surface area (Å²) in [5.41, 5.74) is 2.73. The van der Waals surface area contributed by atoms with E-state index in [9.17, 15) is 9.90 Å². The van der Waals surface area contributed by atoms with Crippen molar-refractivity contribution in [2.45, 2.75) is 18.4 Å². The fourth-order valence-electron chi connectivity index (χ4n) is 4.17. The van der Waals surface area contributed by atoms with Crippen molar-refractivity contribution in [3.8, 4) is 22.6 Å². The number of aliphatic hydroxyl groups is 1. The number of nitrogens with one attached hydrogen (secondary N) is 1. The summed E-state index contributed by atoms with van der Waals surface area (Å²) in [6.07, 6.45) is 1.03. The van der Waals surface area contributed by atoms with Crippen molar-refractivity contribution < 1.29 is 19.4 Å². The largest absolute Gasteiger partial charge is 0.454 e. The Morgan fingerprint density at radius 2 is 1.61 bits per heavy atom. The Morgan fingerprint density at radius 1 is 0.871 bits per heavy atom. The molecule has 6 nitrogen and oxygen atoms in total. The quantitative estimate of drug-likeness (QED) is 0.655. The van der Waals surface area contributed by atoms with Gasteiger partial charge in [-0.05, 0) is 53.8 Å². The molecule has 158 valence electrons. The minimum Gasteiger partial charge on any atom is -0.454 e. The Morgan fingerprint density at radius 3 is 2.42 bits per heavy atom. The zero-order chi connectivity index (χ0) is 21.3. The molecule has 1 saturated heterocycles. The van der Waals surface area contributed by atoms with Gasteiger partial charge in [-0.1, -0.05) is 48.5 Å². The van der Waals surface area contributed by atoms with Crippen LogP contribution >= 0.6 is 0 Å². The number of fused-ring (bicyclic) bond motifs is 1. The van der Waals surface area contributed by atoms with Crippen molar-refractivity contribution in [1.82, 2.24) is 4.90 Å². The van der Waals surface area contributed by atoms with Gasteiger partial charge in [0.25, 0.3) is 0 Å². The summed E-state index contributed by atoms with van der Waals surface area (Å²) in [7, 11) is 0. The van der Waals surface area contributed by atoms with Gasteiger partial charge in [0, 0.05) is 18.8 Å². The van der Waals surface area contributed by atoms with E-state index in [4.69, 9.17) is 9.47 Å². The van der Waals surface area contributed by atoms with Crippen LogP contribution in [0.1, 0.15) is 18.4 Å². The average molecular weight is 416 g/mol. The highest BCUT2D eigenvalue weighted by molar-refractivity contribution is 5.90. The lowest BCUT2D eigenvalue weighted by Crippen LogP contribution is -2.46. The van der Waals surface area contributed by atoms with E-state index in [0.717, 1.165) is 33.9 Å². The summed E-state index contributed by atoms with van der Waals surface area (Å²) >= 11 is 0. The Bertz CT molecular complexity index is 1090. The molecular formula is C25H24N2O4. The average Bonchev–Trinajstić information content (AvgIpc) is 3.28. The predicted molar refractivity (Wildman–Crippen MR) is 118 cm³/mol. The lowest BCUT2D eigenvalue weighted by atomic mass is 9.84. The van der Waals surface area contributed by atoms with E-state index >= 15 is 0 Å². The summed E-state index contributed by atoms with van der Waals surface area (Å²) in [6, 6.07) is 23.1. The van der Waals surface area contributed by atoms with E-state index < -0.39 is 5.60 Å². The first-order valence-corrected chi connectivity index (χ1v) is 10.4. The monoisotopic (exact) mass is 416 g/mol. The van der Waals surface area contributed by atoms with Crippen LogP contribution in [0.4, 0.5) is 10.5 Å². The molecule has 0 unspecified atom stereocenters. The van der Waals surface area contributed by atoms with Gasteiger partial charge in [-0.3, -0.25) is 0 Å². The first kappa shape index (κ1) is 19.5. The highest BCUT2D eigenvalue weighted by Gasteiger charge is 2.35. The molecule has 1 fully saturated rings. The number of benzene rings is 3. The lowest BCUT2D eigenvalue weighted by molar-refractivity contribution is -0.0156. The minimum atomic E-state index is -0.878. The molecule has 3 aromatic rings. The summed E-state index contributed by atoms with van der Waals surface area (Å²) in [4.78, 5) is 14.6. The predicted octanol–water partition coefficient (Wildman–Crippen LogP) is 4.60. The van der Waals surface area contributed by atoms with E-state index in [1.54, 1.807) is 4.90 Å². The standard InChI is InChI=1S/C25H24N2O4/c28-24(27-13-11-25(29,12-14-27)20-6-2-1-3-7-20)26-21-8-4-5-18(15-21)19-9-10-22-23(16-19)31-17-30-22/h1-10,15-16,29H,11-14,17H2,(H,26,28). The molecule has 2 amide bonds. The molecule has 2 N–H and O–H groups in total. The van der Waals surface area contributed by atoms with E-state index in [1.807, 2.05) is 72.8 Å². The fraction of sp³-hybridized carbons (Fsp3) is 0.240. The van der Waals surface area contributed by atoms with Gasteiger partial charge in [-0.2, -0.15) is 0 Å². The molecule has 2 aliphatic rings. The van der Waals surface area contributed by atoms with E-state index in [0.29, 0.717) is 25.9 Å². The van der Waals surface area contributed by atoms with E-state index in [-0.39, 0.29) is 12.8 Å². The van der Waals surface area contributed by atoms with Gasteiger partial charge < -0.3 is 24.8 Å². The second kappa shape index (κ2) is 7.96. The van der Waals surface area contributed by atoms with Crippen molar-refractivity contribution >= 4 is 11.7 Å². The zero-order valence-corrected chi connectivity index (χ0v) is 17.1. The first-order chi connectivity index (χ1) is 15.1. The SMILES string of the molecule is O=C(Nc1cccc(-c2ccc3c(c2)OCO3)c1)N1CCC(O)(c2ccccc2)CC1. The van der Waals surface area contributed by atoms with E-state index in [1.165, 1.54) is 0 Å². The number of carbonyl (C=O) groups excluding carboxylic acids is 1. The Hall–Kier alpha value is -3.51. The highest BCUT2D eigenvalue weighted by Crippen LogP contribution is 2.36. The highest BCUT2D eigenvalue weighted by atomic mass is 16.7. The lowest BCUT2D eigenvalue weighted by Gasteiger charge is -2.38. The minimum absolute atomic E-state index is 0.155. The number of rotatable bonds is 3. The van der Waals surface area contributed by atoms with Crippen LogP contribution in [-0.2, 0) is 5.60 Å². The second-order valence-electron chi connectivity index (χ2n) is 7.96. The maximum Gasteiger partial charge on any atom is 0.321 e. The van der Waals surface area contributed by atoms with Crippen LogP contribution in [0, 0.1) is 0 Å². The Kier molecular flexibility index (Phi) is 5.00. The van der Waals surface area contributed by atoms with Crippen LogP contribution in [0.25, 0.3) is 11.1 Å². The van der Waals surface area contributed by atoms with Crippen LogP contribution in [-0.4, -0.2) is 35.9 Å². The molecule has 0 aliphatic carbocycles. The van der Waals surface area contributed by atoms with Crippen LogP contribution in [0.3, 0.4) is 0 Å². The third-order valence-electron chi connectivity index (χ3n) is 6.01. The molecule has 3 aromatic carbocycles. The fourth-order valence-corrected chi connectivity index (χ4v) is 4.17. The molecule has 6 heteroatoms. The van der Waals surface area contributed by atoms with Gasteiger partial charge in [0.05, 0.1) is 5.60 Å². The van der Waals surface area contributed by atoms with Gasteiger partial charge in [-0.15, -0.1) is 0 Å². The molecular weight excluding hydrogens is 392 g/mol. The van der Waals surface area contributed by atoms with Crippen molar-refractivity contribution in [2.24, 2.45) is 0 Å². The second-order valence-corrected chi connectivity index (χ2v) is 7.96. The molecule has 31 heavy (non-hydrogen) atoms. The maximum atomic E-state index is 12.8. The van der Waals surface area contributed by atoms with Gasteiger partial charge in [-0.25, -0.2) is 4.79 Å². The third-order valence-corrected chi connectivity index (χ3v) is 6.01. The van der Waals surface area contributed by atoms with Gasteiger partial charge >= 0.3 is 6.03 Å². The van der Waals surface area contributed by atoms with Crippen molar-refractivity contribution in [1.29, 1.82) is 0 Å². The number of nitrogens with zero attached hydrogens (tertiary/aromatic N) is 1. The molecule has 0 atom stereocenters. The van der Waals surface area contributed by atoms with Crippen LogP contribution in [0.15, 0.2) is 72.8 Å². The molecule has 2 aliphatic heterocycles. The van der Waals surface area contributed by atoms with Crippen LogP contribution in [0.2, 0.25) is 0 Å². The number of carbonyl (C=O) groups is 1. The number of amides is 2. The summed E-state index contributed by atoms with van der Waals surface area (Å²) in [5.74, 6) is 1.47. The number of anilines is 1. The summed E-state index contributed by atoms with van der Waals surface area (Å²) < 4.78 is 10.8. The molecule has 0 saturated carbocycles. The molecule has 0 bridgehead atoms.